The van der Waals surface area contributed by atoms with E-state index in [1.807, 2.05) is 6.07 Å². The number of halogens is 2. The fourth-order valence-electron chi connectivity index (χ4n) is 3.06. The third kappa shape index (κ3) is 2.49. The monoisotopic (exact) mass is 339 g/mol. The molecule has 1 heterocycles. The van der Waals surface area contributed by atoms with E-state index in [-0.39, 0.29) is 11.9 Å². The molecule has 5 heteroatoms. The van der Waals surface area contributed by atoms with E-state index >= 15 is 0 Å². The normalized spacial score (nSPS) is 25.0. The zero-order valence-electron chi connectivity index (χ0n) is 11.5. The number of H-pyrrole nitrogens is 1. The number of nitrogens with one attached hydrogen (secondary N) is 1. The molecule has 3 N–H and O–H groups in total. The minimum Gasteiger partial charge on any atom is -0.341 e. The first kappa shape index (κ1) is 14.0. The van der Waals surface area contributed by atoms with E-state index < -0.39 is 0 Å². The van der Waals surface area contributed by atoms with Crippen LogP contribution in [0.2, 0.25) is 0 Å². The Balaban J connectivity index is 1.88. The van der Waals surface area contributed by atoms with Crippen molar-refractivity contribution >= 4 is 27.0 Å². The van der Waals surface area contributed by atoms with Crippen molar-refractivity contribution in [3.05, 3.63) is 28.2 Å². The second-order valence-electron chi connectivity index (χ2n) is 5.93. The van der Waals surface area contributed by atoms with E-state index in [0.29, 0.717) is 27.2 Å². The van der Waals surface area contributed by atoms with Crippen molar-refractivity contribution in [3.63, 3.8) is 0 Å². The van der Waals surface area contributed by atoms with Crippen LogP contribution >= 0.6 is 15.9 Å². The summed E-state index contributed by atoms with van der Waals surface area (Å²) >= 11 is 3.19. The van der Waals surface area contributed by atoms with Crippen LogP contribution in [0.25, 0.3) is 11.0 Å². The van der Waals surface area contributed by atoms with Gasteiger partial charge in [-0.15, -0.1) is 0 Å². The Morgan fingerprint density at radius 3 is 2.75 bits per heavy atom. The molecule has 1 unspecified atom stereocenters. The van der Waals surface area contributed by atoms with E-state index in [9.17, 15) is 4.39 Å². The number of aromatic amines is 1. The van der Waals surface area contributed by atoms with E-state index in [0.717, 1.165) is 18.8 Å². The number of rotatable bonds is 2. The maximum absolute atomic E-state index is 14.0. The van der Waals surface area contributed by atoms with Gasteiger partial charge >= 0.3 is 0 Å². The molecule has 3 rings (SSSR count). The SMILES string of the molecule is CC1CCC(C(N)c2nc3c(F)c(Br)ccc3[nH]2)CC1. The van der Waals surface area contributed by atoms with Crippen molar-refractivity contribution in [2.75, 3.05) is 0 Å². The number of aromatic nitrogens is 2. The van der Waals surface area contributed by atoms with Crippen LogP contribution in [0.1, 0.15) is 44.5 Å². The quantitative estimate of drug-likeness (QED) is 0.857. The second-order valence-corrected chi connectivity index (χ2v) is 6.78. The smallest absolute Gasteiger partial charge is 0.165 e. The highest BCUT2D eigenvalue weighted by molar-refractivity contribution is 9.10. The van der Waals surface area contributed by atoms with Gasteiger partial charge in [0.25, 0.3) is 0 Å². The minimum absolute atomic E-state index is 0.131. The molecular weight excluding hydrogens is 321 g/mol. The van der Waals surface area contributed by atoms with Gasteiger partial charge in [-0.1, -0.05) is 19.8 Å². The average Bonchev–Trinajstić information content (AvgIpc) is 2.88. The zero-order valence-corrected chi connectivity index (χ0v) is 13.1. The maximum Gasteiger partial charge on any atom is 0.165 e. The second kappa shape index (κ2) is 5.45. The largest absolute Gasteiger partial charge is 0.341 e. The van der Waals surface area contributed by atoms with Crippen LogP contribution in [0.3, 0.4) is 0 Å². The van der Waals surface area contributed by atoms with Crippen LogP contribution in [0, 0.1) is 17.7 Å². The Morgan fingerprint density at radius 2 is 2.05 bits per heavy atom. The Hall–Kier alpha value is -0.940. The zero-order chi connectivity index (χ0) is 14.3. The van der Waals surface area contributed by atoms with Gasteiger partial charge in [0.15, 0.2) is 5.82 Å². The van der Waals surface area contributed by atoms with Gasteiger partial charge in [0, 0.05) is 0 Å². The van der Waals surface area contributed by atoms with Crippen molar-refractivity contribution < 1.29 is 4.39 Å². The summed E-state index contributed by atoms with van der Waals surface area (Å²) in [5, 5.41) is 0. The molecular formula is C15H19BrFN3. The predicted octanol–water partition coefficient (Wildman–Crippen LogP) is 4.29. The third-order valence-corrected chi connectivity index (χ3v) is 5.06. The highest BCUT2D eigenvalue weighted by atomic mass is 79.9. The molecule has 1 aliphatic carbocycles. The van der Waals surface area contributed by atoms with Crippen molar-refractivity contribution in [2.45, 2.75) is 38.6 Å². The van der Waals surface area contributed by atoms with Gasteiger partial charge in [-0.25, -0.2) is 9.37 Å². The molecule has 1 aliphatic rings. The Morgan fingerprint density at radius 1 is 1.35 bits per heavy atom. The summed E-state index contributed by atoms with van der Waals surface area (Å²) in [6.45, 7) is 2.29. The van der Waals surface area contributed by atoms with Gasteiger partial charge in [-0.05, 0) is 52.7 Å². The van der Waals surface area contributed by atoms with E-state index in [4.69, 9.17) is 5.73 Å². The Kier molecular flexibility index (Phi) is 3.82. The number of nitrogens with zero attached hydrogens (tertiary/aromatic N) is 1. The number of benzene rings is 1. The first-order chi connectivity index (χ1) is 9.56. The number of hydrogen-bond donors (Lipinski definition) is 2. The molecule has 2 aromatic rings. The van der Waals surface area contributed by atoms with Crippen molar-refractivity contribution in [2.24, 2.45) is 17.6 Å². The van der Waals surface area contributed by atoms with E-state index in [1.54, 1.807) is 6.07 Å². The highest BCUT2D eigenvalue weighted by Gasteiger charge is 2.27. The summed E-state index contributed by atoms with van der Waals surface area (Å²) in [7, 11) is 0. The lowest BCUT2D eigenvalue weighted by Crippen LogP contribution is -2.26. The minimum atomic E-state index is -0.325. The highest BCUT2D eigenvalue weighted by Crippen LogP contribution is 2.35. The lowest BCUT2D eigenvalue weighted by molar-refractivity contribution is 0.252. The van der Waals surface area contributed by atoms with Crippen molar-refractivity contribution in [1.82, 2.24) is 9.97 Å². The lowest BCUT2D eigenvalue weighted by Gasteiger charge is -2.29. The summed E-state index contributed by atoms with van der Waals surface area (Å²) in [6, 6.07) is 3.38. The van der Waals surface area contributed by atoms with Crippen LogP contribution in [-0.2, 0) is 0 Å². The summed E-state index contributed by atoms with van der Waals surface area (Å²) in [5.74, 6) is 1.62. The molecule has 0 radical (unpaired) electrons. The molecule has 1 atom stereocenters. The van der Waals surface area contributed by atoms with Crippen LogP contribution < -0.4 is 5.73 Å². The maximum atomic E-state index is 14.0. The molecule has 0 saturated heterocycles. The van der Waals surface area contributed by atoms with Gasteiger partial charge in [0.1, 0.15) is 11.3 Å². The molecule has 1 fully saturated rings. The van der Waals surface area contributed by atoms with Gasteiger partial charge in [0.05, 0.1) is 16.0 Å². The average molecular weight is 340 g/mol. The number of nitrogens with two attached hydrogens (primary N) is 1. The van der Waals surface area contributed by atoms with Crippen molar-refractivity contribution in [1.29, 1.82) is 0 Å². The molecule has 108 valence electrons. The number of fused-ring (bicyclic) bond motifs is 1. The third-order valence-electron chi connectivity index (χ3n) is 4.45. The topological polar surface area (TPSA) is 54.7 Å². The summed E-state index contributed by atoms with van der Waals surface area (Å²) in [6.07, 6.45) is 4.70. The fourth-order valence-corrected chi connectivity index (χ4v) is 3.38. The Labute approximate surface area is 126 Å². The standard InChI is InChI=1S/C15H19BrFN3/c1-8-2-4-9(5-3-8)13(18)15-19-11-7-6-10(16)12(17)14(11)20-15/h6-9,13H,2-5,18H2,1H3,(H,19,20). The van der Waals surface area contributed by atoms with Crippen LogP contribution in [0.5, 0.6) is 0 Å². The molecule has 0 spiro atoms. The first-order valence-electron chi connectivity index (χ1n) is 7.15. The predicted molar refractivity (Wildman–Crippen MR) is 81.8 cm³/mol. The lowest BCUT2D eigenvalue weighted by atomic mass is 9.79. The molecule has 20 heavy (non-hydrogen) atoms. The number of imidazole rings is 1. The van der Waals surface area contributed by atoms with E-state index in [1.165, 1.54) is 12.8 Å². The molecule has 1 aromatic carbocycles. The molecule has 3 nitrogen and oxygen atoms in total. The van der Waals surface area contributed by atoms with Gasteiger partial charge in [-0.2, -0.15) is 0 Å². The van der Waals surface area contributed by atoms with Gasteiger partial charge in [0.2, 0.25) is 0 Å². The van der Waals surface area contributed by atoms with Gasteiger partial charge < -0.3 is 10.7 Å². The summed E-state index contributed by atoms with van der Waals surface area (Å²) in [4.78, 5) is 7.56. The van der Waals surface area contributed by atoms with E-state index in [2.05, 4.69) is 32.8 Å². The molecule has 1 aromatic heterocycles. The summed E-state index contributed by atoms with van der Waals surface area (Å²) in [5.41, 5.74) is 7.42. The van der Waals surface area contributed by atoms with Crippen LogP contribution in [0.4, 0.5) is 4.39 Å². The van der Waals surface area contributed by atoms with Crippen molar-refractivity contribution in [3.8, 4) is 0 Å². The molecule has 1 saturated carbocycles. The summed E-state index contributed by atoms with van der Waals surface area (Å²) < 4.78 is 14.4. The first-order valence-corrected chi connectivity index (χ1v) is 7.94. The van der Waals surface area contributed by atoms with Gasteiger partial charge in [-0.3, -0.25) is 0 Å². The fraction of sp³-hybridized carbons (Fsp3) is 0.533. The Bertz CT molecular complexity index is 617. The molecule has 0 aliphatic heterocycles. The van der Waals surface area contributed by atoms with Crippen LogP contribution in [0.15, 0.2) is 16.6 Å². The molecule has 0 bridgehead atoms. The number of hydrogen-bond acceptors (Lipinski definition) is 2. The van der Waals surface area contributed by atoms with Crippen LogP contribution in [-0.4, -0.2) is 9.97 Å². The molecule has 0 amide bonds.